The van der Waals surface area contributed by atoms with Crippen LogP contribution in [0, 0.1) is 5.41 Å². The van der Waals surface area contributed by atoms with Crippen LogP contribution in [-0.4, -0.2) is 23.2 Å². The summed E-state index contributed by atoms with van der Waals surface area (Å²) < 4.78 is 0. The summed E-state index contributed by atoms with van der Waals surface area (Å²) in [5.41, 5.74) is -0.964. The molecule has 0 spiro atoms. The van der Waals surface area contributed by atoms with Crippen LogP contribution in [0.25, 0.3) is 0 Å². The van der Waals surface area contributed by atoms with Gasteiger partial charge >= 0.3 is 0 Å². The van der Waals surface area contributed by atoms with Crippen LogP contribution in [0.1, 0.15) is 52.9 Å². The summed E-state index contributed by atoms with van der Waals surface area (Å²) >= 11 is 0. The lowest BCUT2D eigenvalue weighted by Crippen LogP contribution is -2.45. The van der Waals surface area contributed by atoms with E-state index in [1.54, 1.807) is 13.8 Å². The van der Waals surface area contributed by atoms with Gasteiger partial charge in [0, 0.05) is 12.0 Å². The zero-order valence-corrected chi connectivity index (χ0v) is 10.1. The van der Waals surface area contributed by atoms with Crippen molar-refractivity contribution >= 4 is 5.91 Å². The third-order valence-electron chi connectivity index (χ3n) is 3.40. The fourth-order valence-electron chi connectivity index (χ4n) is 2.28. The Morgan fingerprint density at radius 2 is 1.93 bits per heavy atom. The number of carbonyl (C=O) groups is 1. The molecule has 2 N–H and O–H groups in total. The Morgan fingerprint density at radius 3 is 2.33 bits per heavy atom. The topological polar surface area (TPSA) is 49.3 Å². The molecular formula is C12H23NO2. The molecule has 1 saturated carbocycles. The van der Waals surface area contributed by atoms with Crippen LogP contribution in [-0.2, 0) is 4.79 Å². The van der Waals surface area contributed by atoms with Gasteiger partial charge in [-0.25, -0.2) is 0 Å². The van der Waals surface area contributed by atoms with Crippen LogP contribution >= 0.6 is 0 Å². The minimum absolute atomic E-state index is 0.129. The van der Waals surface area contributed by atoms with Crippen molar-refractivity contribution in [2.75, 3.05) is 6.54 Å². The highest BCUT2D eigenvalue weighted by atomic mass is 16.3. The summed E-state index contributed by atoms with van der Waals surface area (Å²) in [6.45, 7) is 5.84. The van der Waals surface area contributed by atoms with E-state index < -0.39 is 5.60 Å². The SMILES string of the molecule is CCC1(C(=O)NCC(C)(C)O)CCCC1. The number of aliphatic hydroxyl groups is 1. The van der Waals surface area contributed by atoms with Gasteiger partial charge in [-0.15, -0.1) is 0 Å². The Hall–Kier alpha value is -0.570. The summed E-state index contributed by atoms with van der Waals surface area (Å²) in [5, 5.41) is 12.4. The van der Waals surface area contributed by atoms with E-state index in [4.69, 9.17) is 0 Å². The quantitative estimate of drug-likeness (QED) is 0.748. The molecule has 3 nitrogen and oxygen atoms in total. The normalized spacial score (nSPS) is 20.3. The highest BCUT2D eigenvalue weighted by Gasteiger charge is 2.39. The van der Waals surface area contributed by atoms with Crippen molar-refractivity contribution in [3.63, 3.8) is 0 Å². The van der Waals surface area contributed by atoms with E-state index in [0.29, 0.717) is 6.54 Å². The van der Waals surface area contributed by atoms with Crippen molar-refractivity contribution in [3.8, 4) is 0 Å². The Kier molecular flexibility index (Phi) is 3.77. The molecule has 0 aromatic heterocycles. The lowest BCUT2D eigenvalue weighted by molar-refractivity contribution is -0.132. The highest BCUT2D eigenvalue weighted by Crippen LogP contribution is 2.41. The number of rotatable bonds is 4. The van der Waals surface area contributed by atoms with E-state index in [1.165, 1.54) is 0 Å². The minimum Gasteiger partial charge on any atom is -0.389 e. The molecule has 15 heavy (non-hydrogen) atoms. The van der Waals surface area contributed by atoms with Crippen LogP contribution in [0.4, 0.5) is 0 Å². The van der Waals surface area contributed by atoms with E-state index in [9.17, 15) is 9.90 Å². The average Bonchev–Trinajstić information content (AvgIpc) is 2.62. The van der Waals surface area contributed by atoms with Crippen molar-refractivity contribution in [3.05, 3.63) is 0 Å². The predicted octanol–water partition coefficient (Wildman–Crippen LogP) is 1.84. The van der Waals surface area contributed by atoms with Gasteiger partial charge in [-0.1, -0.05) is 19.8 Å². The second kappa shape index (κ2) is 4.52. The molecule has 1 amide bonds. The van der Waals surface area contributed by atoms with E-state index in [0.717, 1.165) is 32.1 Å². The second-order valence-corrected chi connectivity index (χ2v) is 5.34. The third kappa shape index (κ3) is 3.20. The monoisotopic (exact) mass is 213 g/mol. The van der Waals surface area contributed by atoms with E-state index in [2.05, 4.69) is 12.2 Å². The minimum atomic E-state index is -0.816. The molecule has 3 heteroatoms. The lowest BCUT2D eigenvalue weighted by atomic mass is 9.82. The molecule has 0 bridgehead atoms. The highest BCUT2D eigenvalue weighted by molar-refractivity contribution is 5.82. The molecular weight excluding hydrogens is 190 g/mol. The Balaban J connectivity index is 2.51. The van der Waals surface area contributed by atoms with Crippen molar-refractivity contribution in [1.82, 2.24) is 5.32 Å². The van der Waals surface area contributed by atoms with Crippen molar-refractivity contribution in [2.24, 2.45) is 5.41 Å². The first-order chi connectivity index (χ1) is 6.90. The molecule has 0 atom stereocenters. The zero-order valence-electron chi connectivity index (χ0n) is 10.1. The maximum Gasteiger partial charge on any atom is 0.226 e. The van der Waals surface area contributed by atoms with E-state index in [1.807, 2.05) is 0 Å². The molecule has 88 valence electrons. The van der Waals surface area contributed by atoms with Gasteiger partial charge in [-0.2, -0.15) is 0 Å². The Labute approximate surface area is 92.3 Å². The van der Waals surface area contributed by atoms with Gasteiger partial charge in [0.1, 0.15) is 0 Å². The first-order valence-corrected chi connectivity index (χ1v) is 5.90. The number of carbonyl (C=O) groups excluding carboxylic acids is 1. The summed E-state index contributed by atoms with van der Waals surface area (Å²) in [6, 6.07) is 0. The van der Waals surface area contributed by atoms with Crippen LogP contribution in [0.5, 0.6) is 0 Å². The van der Waals surface area contributed by atoms with Crippen molar-refractivity contribution in [1.29, 1.82) is 0 Å². The molecule has 0 aliphatic heterocycles. The molecule has 0 heterocycles. The maximum absolute atomic E-state index is 12.0. The fraction of sp³-hybridized carbons (Fsp3) is 0.917. The first-order valence-electron chi connectivity index (χ1n) is 5.90. The number of hydrogen-bond acceptors (Lipinski definition) is 2. The molecule has 0 unspecified atom stereocenters. The van der Waals surface area contributed by atoms with Gasteiger partial charge in [0.15, 0.2) is 0 Å². The molecule has 1 aliphatic rings. The standard InChI is InChI=1S/C12H23NO2/c1-4-12(7-5-6-8-12)10(14)13-9-11(2,3)15/h15H,4-9H2,1-3H3,(H,13,14). The maximum atomic E-state index is 12.0. The first kappa shape index (κ1) is 12.5. The predicted molar refractivity (Wildman–Crippen MR) is 60.5 cm³/mol. The van der Waals surface area contributed by atoms with Gasteiger partial charge in [-0.3, -0.25) is 4.79 Å². The van der Waals surface area contributed by atoms with Gasteiger partial charge in [0.05, 0.1) is 5.60 Å². The third-order valence-corrected chi connectivity index (χ3v) is 3.40. The van der Waals surface area contributed by atoms with Gasteiger partial charge in [0.2, 0.25) is 5.91 Å². The van der Waals surface area contributed by atoms with E-state index in [-0.39, 0.29) is 11.3 Å². The van der Waals surface area contributed by atoms with Crippen LogP contribution in [0.3, 0.4) is 0 Å². The van der Waals surface area contributed by atoms with Gasteiger partial charge in [-0.05, 0) is 33.1 Å². The molecule has 1 rings (SSSR count). The summed E-state index contributed by atoms with van der Waals surface area (Å²) in [5.74, 6) is 0.129. The molecule has 1 fully saturated rings. The molecule has 0 aromatic carbocycles. The second-order valence-electron chi connectivity index (χ2n) is 5.34. The molecule has 0 radical (unpaired) electrons. The van der Waals surface area contributed by atoms with Crippen LogP contribution in [0.2, 0.25) is 0 Å². The summed E-state index contributed by atoms with van der Waals surface area (Å²) in [4.78, 5) is 12.0. The molecule has 1 aliphatic carbocycles. The molecule has 0 saturated heterocycles. The lowest BCUT2D eigenvalue weighted by Gasteiger charge is -2.28. The number of amides is 1. The molecule has 0 aromatic rings. The van der Waals surface area contributed by atoms with Crippen molar-refractivity contribution in [2.45, 2.75) is 58.5 Å². The van der Waals surface area contributed by atoms with E-state index >= 15 is 0 Å². The Morgan fingerprint density at radius 1 is 1.40 bits per heavy atom. The largest absolute Gasteiger partial charge is 0.389 e. The average molecular weight is 213 g/mol. The summed E-state index contributed by atoms with van der Waals surface area (Å²) in [7, 11) is 0. The number of nitrogens with one attached hydrogen (secondary N) is 1. The Bertz CT molecular complexity index is 224. The summed E-state index contributed by atoms with van der Waals surface area (Å²) in [6.07, 6.45) is 5.22. The zero-order chi connectivity index (χ0) is 11.5. The van der Waals surface area contributed by atoms with Gasteiger partial charge < -0.3 is 10.4 Å². The number of hydrogen-bond donors (Lipinski definition) is 2. The van der Waals surface area contributed by atoms with Gasteiger partial charge in [0.25, 0.3) is 0 Å². The van der Waals surface area contributed by atoms with Crippen LogP contribution < -0.4 is 5.32 Å². The van der Waals surface area contributed by atoms with Crippen LogP contribution in [0.15, 0.2) is 0 Å². The smallest absolute Gasteiger partial charge is 0.226 e. The van der Waals surface area contributed by atoms with Crippen molar-refractivity contribution < 1.29 is 9.90 Å². The fourth-order valence-corrected chi connectivity index (χ4v) is 2.28.